The summed E-state index contributed by atoms with van der Waals surface area (Å²) < 4.78 is 1.87. The van der Waals surface area contributed by atoms with Crippen molar-refractivity contribution in [2.45, 2.75) is 32.2 Å². The van der Waals surface area contributed by atoms with Crippen LogP contribution in [-0.2, 0) is 19.9 Å². The quantitative estimate of drug-likeness (QED) is 0.868. The van der Waals surface area contributed by atoms with Gasteiger partial charge in [-0.2, -0.15) is 5.10 Å². The maximum atomic E-state index is 4.21. The monoisotopic (exact) mass is 263 g/mol. The Bertz CT molecular complexity index is 487. The summed E-state index contributed by atoms with van der Waals surface area (Å²) in [7, 11) is 4.01. The molecule has 0 fully saturated rings. The van der Waals surface area contributed by atoms with E-state index in [1.165, 1.54) is 15.3 Å². The fraction of sp³-hybridized carbons (Fsp3) is 0.500. The molecule has 0 radical (unpaired) electrons. The predicted molar refractivity (Wildman–Crippen MR) is 77.0 cm³/mol. The molecule has 2 aromatic rings. The number of hydrogen-bond acceptors (Lipinski definition) is 3. The Hall–Kier alpha value is -1.13. The highest BCUT2D eigenvalue weighted by Crippen LogP contribution is 2.26. The Kier molecular flexibility index (Phi) is 4.55. The zero-order chi connectivity index (χ0) is 13.0. The summed E-state index contributed by atoms with van der Waals surface area (Å²) in [5.41, 5.74) is 1.31. The third-order valence-electron chi connectivity index (χ3n) is 3.20. The zero-order valence-electron chi connectivity index (χ0n) is 11.3. The van der Waals surface area contributed by atoms with Crippen molar-refractivity contribution in [2.24, 2.45) is 7.05 Å². The normalized spacial score (nSPS) is 12.8. The van der Waals surface area contributed by atoms with Crippen LogP contribution >= 0.6 is 11.3 Å². The van der Waals surface area contributed by atoms with E-state index >= 15 is 0 Å². The van der Waals surface area contributed by atoms with Gasteiger partial charge in [0.15, 0.2) is 0 Å². The first kappa shape index (κ1) is 13.3. The van der Waals surface area contributed by atoms with Crippen molar-refractivity contribution in [3.63, 3.8) is 0 Å². The van der Waals surface area contributed by atoms with Crippen molar-refractivity contribution in [3.05, 3.63) is 39.8 Å². The predicted octanol–water partition coefficient (Wildman–Crippen LogP) is 2.94. The molecule has 2 heterocycles. The van der Waals surface area contributed by atoms with Gasteiger partial charge in [0.2, 0.25) is 0 Å². The second kappa shape index (κ2) is 6.16. The van der Waals surface area contributed by atoms with Crippen molar-refractivity contribution in [2.75, 3.05) is 7.05 Å². The smallest absolute Gasteiger partial charge is 0.0521 e. The number of nitrogens with zero attached hydrogens (tertiary/aromatic N) is 2. The van der Waals surface area contributed by atoms with Gasteiger partial charge in [-0.15, -0.1) is 11.3 Å². The van der Waals surface area contributed by atoms with Crippen molar-refractivity contribution in [1.82, 2.24) is 15.1 Å². The second-order valence-electron chi connectivity index (χ2n) is 4.56. The van der Waals surface area contributed by atoms with Gasteiger partial charge in [-0.05, 0) is 44.0 Å². The fourth-order valence-electron chi connectivity index (χ4n) is 2.11. The van der Waals surface area contributed by atoms with E-state index in [0.29, 0.717) is 6.04 Å². The maximum Gasteiger partial charge on any atom is 0.0521 e. The maximum absolute atomic E-state index is 4.21. The van der Waals surface area contributed by atoms with Gasteiger partial charge in [0, 0.05) is 29.0 Å². The highest BCUT2D eigenvalue weighted by Gasteiger charge is 2.12. The molecule has 4 heteroatoms. The molecular formula is C14H21N3S. The number of aromatic nitrogens is 2. The SMILES string of the molecule is CCc1ccc(C(CCc2cnn(C)c2)NC)s1. The van der Waals surface area contributed by atoms with Crippen LogP contribution in [0, 0.1) is 0 Å². The first-order valence-electron chi connectivity index (χ1n) is 6.46. The molecule has 0 aliphatic heterocycles. The molecule has 98 valence electrons. The molecule has 1 atom stereocenters. The van der Waals surface area contributed by atoms with E-state index in [9.17, 15) is 0 Å². The van der Waals surface area contributed by atoms with Crippen molar-refractivity contribution >= 4 is 11.3 Å². The Morgan fingerprint density at radius 1 is 1.44 bits per heavy atom. The first-order chi connectivity index (χ1) is 8.72. The minimum atomic E-state index is 0.454. The third kappa shape index (κ3) is 3.21. The minimum Gasteiger partial charge on any atom is -0.312 e. The van der Waals surface area contributed by atoms with E-state index < -0.39 is 0 Å². The van der Waals surface area contributed by atoms with E-state index in [-0.39, 0.29) is 0 Å². The molecule has 3 nitrogen and oxygen atoms in total. The van der Waals surface area contributed by atoms with Crippen molar-refractivity contribution < 1.29 is 0 Å². The average molecular weight is 263 g/mol. The van der Waals surface area contributed by atoms with Crippen LogP contribution in [0.4, 0.5) is 0 Å². The number of aryl methyl sites for hydroxylation is 3. The summed E-state index contributed by atoms with van der Waals surface area (Å²) >= 11 is 1.92. The van der Waals surface area contributed by atoms with Crippen LogP contribution in [0.1, 0.15) is 34.7 Å². The molecule has 0 amide bonds. The van der Waals surface area contributed by atoms with Gasteiger partial charge >= 0.3 is 0 Å². The molecule has 18 heavy (non-hydrogen) atoms. The molecule has 0 aromatic carbocycles. The van der Waals surface area contributed by atoms with Gasteiger partial charge < -0.3 is 5.32 Å². The van der Waals surface area contributed by atoms with Crippen LogP contribution in [0.5, 0.6) is 0 Å². The summed E-state index contributed by atoms with van der Waals surface area (Å²) in [4.78, 5) is 2.91. The first-order valence-corrected chi connectivity index (χ1v) is 7.28. The highest BCUT2D eigenvalue weighted by molar-refractivity contribution is 7.12. The molecule has 0 aliphatic rings. The molecule has 0 spiro atoms. The Balaban J connectivity index is 1.96. The Morgan fingerprint density at radius 3 is 2.83 bits per heavy atom. The van der Waals surface area contributed by atoms with Crippen LogP contribution in [0.15, 0.2) is 24.5 Å². The number of hydrogen-bond donors (Lipinski definition) is 1. The van der Waals surface area contributed by atoms with Gasteiger partial charge in [0.1, 0.15) is 0 Å². The summed E-state index contributed by atoms with van der Waals surface area (Å²) in [5, 5.41) is 7.63. The standard InChI is InChI=1S/C14H21N3S/c1-4-12-6-8-14(18-12)13(15-2)7-5-11-9-16-17(3)10-11/h6,8-10,13,15H,4-5,7H2,1-3H3. The largest absolute Gasteiger partial charge is 0.312 e. The molecule has 1 N–H and O–H groups in total. The van der Waals surface area contributed by atoms with Gasteiger partial charge in [0.05, 0.1) is 6.20 Å². The molecule has 2 aromatic heterocycles. The fourth-order valence-corrected chi connectivity index (χ4v) is 3.21. The molecule has 1 unspecified atom stereocenters. The van der Waals surface area contributed by atoms with E-state index in [4.69, 9.17) is 0 Å². The van der Waals surface area contributed by atoms with Gasteiger partial charge in [0.25, 0.3) is 0 Å². The van der Waals surface area contributed by atoms with E-state index in [2.05, 4.69) is 35.7 Å². The summed E-state index contributed by atoms with van der Waals surface area (Å²) in [6, 6.07) is 4.96. The lowest BCUT2D eigenvalue weighted by Crippen LogP contribution is -2.15. The topological polar surface area (TPSA) is 29.9 Å². The Labute approximate surface area is 113 Å². The van der Waals surface area contributed by atoms with Crippen LogP contribution in [-0.4, -0.2) is 16.8 Å². The summed E-state index contributed by atoms with van der Waals surface area (Å²) in [6.45, 7) is 2.21. The van der Waals surface area contributed by atoms with E-state index in [1.807, 2.05) is 36.3 Å². The third-order valence-corrected chi connectivity index (χ3v) is 4.55. The van der Waals surface area contributed by atoms with Crippen molar-refractivity contribution in [1.29, 1.82) is 0 Å². The summed E-state index contributed by atoms with van der Waals surface area (Å²) in [5.74, 6) is 0. The van der Waals surface area contributed by atoms with Crippen LogP contribution < -0.4 is 5.32 Å². The second-order valence-corrected chi connectivity index (χ2v) is 5.76. The van der Waals surface area contributed by atoms with E-state index in [1.54, 1.807) is 0 Å². The van der Waals surface area contributed by atoms with Crippen LogP contribution in [0.3, 0.4) is 0 Å². The number of nitrogens with one attached hydrogen (secondary N) is 1. The molecule has 0 saturated carbocycles. The lowest BCUT2D eigenvalue weighted by Gasteiger charge is -2.13. The van der Waals surface area contributed by atoms with Gasteiger partial charge in [-0.3, -0.25) is 4.68 Å². The molecule has 0 bridgehead atoms. The lowest BCUT2D eigenvalue weighted by molar-refractivity contribution is 0.558. The minimum absolute atomic E-state index is 0.454. The van der Waals surface area contributed by atoms with Crippen LogP contribution in [0.2, 0.25) is 0 Å². The van der Waals surface area contributed by atoms with E-state index in [0.717, 1.165) is 19.3 Å². The number of thiophene rings is 1. The molecular weight excluding hydrogens is 242 g/mol. The van der Waals surface area contributed by atoms with Crippen LogP contribution in [0.25, 0.3) is 0 Å². The Morgan fingerprint density at radius 2 is 2.28 bits per heavy atom. The molecule has 0 saturated heterocycles. The highest BCUT2D eigenvalue weighted by atomic mass is 32.1. The van der Waals surface area contributed by atoms with Crippen molar-refractivity contribution in [3.8, 4) is 0 Å². The van der Waals surface area contributed by atoms with Gasteiger partial charge in [-0.1, -0.05) is 6.92 Å². The lowest BCUT2D eigenvalue weighted by atomic mass is 10.1. The zero-order valence-corrected chi connectivity index (χ0v) is 12.1. The molecule has 2 rings (SSSR count). The van der Waals surface area contributed by atoms with Gasteiger partial charge in [-0.25, -0.2) is 0 Å². The number of rotatable bonds is 6. The average Bonchev–Trinajstić information content (AvgIpc) is 2.99. The molecule has 0 aliphatic carbocycles. The summed E-state index contributed by atoms with van der Waals surface area (Å²) in [6.07, 6.45) is 7.37.